The molecule has 3 rings (SSSR count). The van der Waals surface area contributed by atoms with Gasteiger partial charge in [0.05, 0.1) is 12.4 Å². The van der Waals surface area contributed by atoms with Gasteiger partial charge in [0.2, 0.25) is 0 Å². The molecule has 1 aliphatic rings. The first kappa shape index (κ1) is 17.4. The van der Waals surface area contributed by atoms with Gasteiger partial charge in [-0.05, 0) is 43.2 Å². The van der Waals surface area contributed by atoms with Gasteiger partial charge in [0.15, 0.2) is 0 Å². The number of para-hydroxylation sites is 1. The first-order chi connectivity index (χ1) is 12.2. The van der Waals surface area contributed by atoms with Crippen molar-refractivity contribution in [3.8, 4) is 0 Å². The van der Waals surface area contributed by atoms with Gasteiger partial charge in [0, 0.05) is 18.8 Å². The third-order valence-electron chi connectivity index (χ3n) is 4.79. The highest BCUT2D eigenvalue weighted by molar-refractivity contribution is 6.03. The second kappa shape index (κ2) is 8.10. The molecule has 5 heteroatoms. The van der Waals surface area contributed by atoms with E-state index in [2.05, 4.69) is 46.2 Å². The molecule has 5 nitrogen and oxygen atoms in total. The number of amides is 1. The van der Waals surface area contributed by atoms with E-state index in [1.807, 2.05) is 6.07 Å². The van der Waals surface area contributed by atoms with Crippen LogP contribution in [0.15, 0.2) is 30.6 Å². The van der Waals surface area contributed by atoms with Crippen LogP contribution in [-0.2, 0) is 12.8 Å². The van der Waals surface area contributed by atoms with Crippen molar-refractivity contribution in [2.45, 2.75) is 46.0 Å². The smallest absolute Gasteiger partial charge is 0.275 e. The van der Waals surface area contributed by atoms with Crippen LogP contribution in [-0.4, -0.2) is 29.0 Å². The Bertz CT molecular complexity index is 699. The Morgan fingerprint density at radius 3 is 2.28 bits per heavy atom. The SMILES string of the molecule is CCc1cccc(CC)c1NC(=O)c1cnc(N2CCCCC2)cn1. The summed E-state index contributed by atoms with van der Waals surface area (Å²) in [6.45, 7) is 6.23. The average Bonchev–Trinajstić information content (AvgIpc) is 2.69. The van der Waals surface area contributed by atoms with E-state index in [9.17, 15) is 4.79 Å². The predicted octanol–water partition coefficient (Wildman–Crippen LogP) is 3.84. The summed E-state index contributed by atoms with van der Waals surface area (Å²) < 4.78 is 0. The molecule has 1 saturated heterocycles. The van der Waals surface area contributed by atoms with Gasteiger partial charge in [-0.1, -0.05) is 32.0 Å². The molecule has 0 aliphatic carbocycles. The quantitative estimate of drug-likeness (QED) is 0.900. The minimum Gasteiger partial charge on any atom is -0.355 e. The van der Waals surface area contributed by atoms with Crippen LogP contribution in [0.5, 0.6) is 0 Å². The Labute approximate surface area is 149 Å². The lowest BCUT2D eigenvalue weighted by Crippen LogP contribution is -2.30. The molecule has 0 saturated carbocycles. The molecule has 132 valence electrons. The maximum Gasteiger partial charge on any atom is 0.275 e. The first-order valence-corrected chi connectivity index (χ1v) is 9.22. The number of rotatable bonds is 5. The third kappa shape index (κ3) is 3.98. The van der Waals surface area contributed by atoms with E-state index in [1.165, 1.54) is 19.3 Å². The summed E-state index contributed by atoms with van der Waals surface area (Å²) in [6.07, 6.45) is 8.72. The van der Waals surface area contributed by atoms with E-state index in [-0.39, 0.29) is 5.91 Å². The van der Waals surface area contributed by atoms with Crippen LogP contribution in [0.25, 0.3) is 0 Å². The van der Waals surface area contributed by atoms with Crippen LogP contribution in [0.3, 0.4) is 0 Å². The summed E-state index contributed by atoms with van der Waals surface area (Å²) in [4.78, 5) is 23.6. The van der Waals surface area contributed by atoms with Crippen molar-refractivity contribution in [3.63, 3.8) is 0 Å². The Hall–Kier alpha value is -2.43. The number of carbonyl (C=O) groups is 1. The fraction of sp³-hybridized carbons (Fsp3) is 0.450. The first-order valence-electron chi connectivity index (χ1n) is 9.22. The van der Waals surface area contributed by atoms with Crippen molar-refractivity contribution in [2.75, 3.05) is 23.3 Å². The highest BCUT2D eigenvalue weighted by Gasteiger charge is 2.16. The number of piperidine rings is 1. The maximum atomic E-state index is 12.6. The van der Waals surface area contributed by atoms with Gasteiger partial charge in [-0.2, -0.15) is 0 Å². The molecule has 1 fully saturated rings. The topological polar surface area (TPSA) is 58.1 Å². The molecule has 2 aromatic rings. The van der Waals surface area contributed by atoms with E-state index in [0.717, 1.165) is 48.6 Å². The second-order valence-electron chi connectivity index (χ2n) is 6.42. The highest BCUT2D eigenvalue weighted by Crippen LogP contribution is 2.23. The number of aryl methyl sites for hydroxylation is 2. The fourth-order valence-electron chi connectivity index (χ4n) is 3.31. The van der Waals surface area contributed by atoms with Crippen LogP contribution in [0, 0.1) is 0 Å². The van der Waals surface area contributed by atoms with Crippen LogP contribution in [0.2, 0.25) is 0 Å². The molecule has 1 amide bonds. The van der Waals surface area contributed by atoms with E-state index in [0.29, 0.717) is 5.69 Å². The summed E-state index contributed by atoms with van der Waals surface area (Å²) in [5, 5.41) is 3.04. The number of hydrogen-bond donors (Lipinski definition) is 1. The van der Waals surface area contributed by atoms with Crippen molar-refractivity contribution in [1.29, 1.82) is 0 Å². The van der Waals surface area contributed by atoms with Gasteiger partial charge in [0.25, 0.3) is 5.91 Å². The number of anilines is 2. The minimum absolute atomic E-state index is 0.201. The van der Waals surface area contributed by atoms with Crippen molar-refractivity contribution >= 4 is 17.4 Å². The lowest BCUT2D eigenvalue weighted by atomic mass is 10.0. The number of nitrogens with one attached hydrogen (secondary N) is 1. The Morgan fingerprint density at radius 2 is 1.72 bits per heavy atom. The largest absolute Gasteiger partial charge is 0.355 e. The molecule has 0 unspecified atom stereocenters. The van der Waals surface area contributed by atoms with Crippen molar-refractivity contribution in [1.82, 2.24) is 9.97 Å². The second-order valence-corrected chi connectivity index (χ2v) is 6.42. The standard InChI is InChI=1S/C20H26N4O/c1-3-15-9-8-10-16(4-2)19(15)23-20(25)17-13-22-18(14-21-17)24-11-6-5-7-12-24/h8-10,13-14H,3-7,11-12H2,1-2H3,(H,23,25). The summed E-state index contributed by atoms with van der Waals surface area (Å²) in [5.74, 6) is 0.660. The molecule has 1 aromatic carbocycles. The normalized spacial score (nSPS) is 14.4. The molecular weight excluding hydrogens is 312 g/mol. The third-order valence-corrected chi connectivity index (χ3v) is 4.79. The summed E-state index contributed by atoms with van der Waals surface area (Å²) in [7, 11) is 0. The fourth-order valence-corrected chi connectivity index (χ4v) is 3.31. The lowest BCUT2D eigenvalue weighted by molar-refractivity contribution is 0.102. The van der Waals surface area contributed by atoms with Crippen molar-refractivity contribution in [2.24, 2.45) is 0 Å². The summed E-state index contributed by atoms with van der Waals surface area (Å²) >= 11 is 0. The lowest BCUT2D eigenvalue weighted by Gasteiger charge is -2.27. The van der Waals surface area contributed by atoms with Gasteiger partial charge in [-0.3, -0.25) is 4.79 Å². The average molecular weight is 338 g/mol. The number of benzene rings is 1. The van der Waals surface area contributed by atoms with E-state index >= 15 is 0 Å². The summed E-state index contributed by atoms with van der Waals surface area (Å²) in [6, 6.07) is 6.15. The van der Waals surface area contributed by atoms with E-state index < -0.39 is 0 Å². The van der Waals surface area contributed by atoms with Gasteiger partial charge < -0.3 is 10.2 Å². The molecule has 1 aliphatic heterocycles. The Balaban J connectivity index is 1.75. The van der Waals surface area contributed by atoms with Crippen molar-refractivity contribution in [3.05, 3.63) is 47.4 Å². The number of carbonyl (C=O) groups excluding carboxylic acids is 1. The molecule has 2 heterocycles. The molecule has 0 radical (unpaired) electrons. The molecule has 1 aromatic heterocycles. The van der Waals surface area contributed by atoms with Gasteiger partial charge in [0.1, 0.15) is 11.5 Å². The predicted molar refractivity (Wildman–Crippen MR) is 101 cm³/mol. The van der Waals surface area contributed by atoms with Gasteiger partial charge in [-0.15, -0.1) is 0 Å². The number of hydrogen-bond acceptors (Lipinski definition) is 4. The number of aromatic nitrogens is 2. The monoisotopic (exact) mass is 338 g/mol. The molecule has 0 atom stereocenters. The zero-order valence-electron chi connectivity index (χ0n) is 15.1. The van der Waals surface area contributed by atoms with Crippen molar-refractivity contribution < 1.29 is 4.79 Å². The van der Waals surface area contributed by atoms with E-state index in [4.69, 9.17) is 0 Å². The zero-order chi connectivity index (χ0) is 17.6. The Morgan fingerprint density at radius 1 is 1.04 bits per heavy atom. The minimum atomic E-state index is -0.201. The summed E-state index contributed by atoms with van der Waals surface area (Å²) in [5.41, 5.74) is 3.56. The van der Waals surface area contributed by atoms with Crippen LogP contribution in [0.1, 0.15) is 54.7 Å². The number of nitrogens with zero attached hydrogens (tertiary/aromatic N) is 3. The van der Waals surface area contributed by atoms with Crippen LogP contribution < -0.4 is 10.2 Å². The molecule has 1 N–H and O–H groups in total. The zero-order valence-corrected chi connectivity index (χ0v) is 15.1. The van der Waals surface area contributed by atoms with Crippen LogP contribution >= 0.6 is 0 Å². The Kier molecular flexibility index (Phi) is 5.64. The molecule has 0 spiro atoms. The van der Waals surface area contributed by atoms with E-state index in [1.54, 1.807) is 12.4 Å². The van der Waals surface area contributed by atoms with Gasteiger partial charge in [-0.25, -0.2) is 9.97 Å². The van der Waals surface area contributed by atoms with Gasteiger partial charge >= 0.3 is 0 Å². The molecular formula is C20H26N4O. The maximum absolute atomic E-state index is 12.6. The molecule has 25 heavy (non-hydrogen) atoms. The van der Waals surface area contributed by atoms with Crippen LogP contribution in [0.4, 0.5) is 11.5 Å². The highest BCUT2D eigenvalue weighted by atomic mass is 16.1. The molecule has 0 bridgehead atoms.